The number of aromatic nitrogens is 2. The summed E-state index contributed by atoms with van der Waals surface area (Å²) in [4.78, 5) is 27.1. The molecular formula is C18H22N4O3. The fourth-order valence-corrected chi connectivity index (χ4v) is 2.79. The minimum Gasteiger partial charge on any atom is -0.442 e. The van der Waals surface area contributed by atoms with Gasteiger partial charge in [0.15, 0.2) is 0 Å². The van der Waals surface area contributed by atoms with Gasteiger partial charge in [-0.15, -0.1) is 5.10 Å². The Labute approximate surface area is 146 Å². The summed E-state index contributed by atoms with van der Waals surface area (Å²) in [5, 5.41) is 4.04. The molecule has 7 heteroatoms. The number of fused-ring (bicyclic) bond motifs is 1. The van der Waals surface area contributed by atoms with Crippen LogP contribution >= 0.6 is 0 Å². The van der Waals surface area contributed by atoms with Crippen LogP contribution in [-0.2, 0) is 11.2 Å². The van der Waals surface area contributed by atoms with Crippen molar-refractivity contribution in [1.82, 2.24) is 9.78 Å². The molecule has 2 heterocycles. The number of carbonyl (C=O) groups is 2. The highest BCUT2D eigenvalue weighted by Crippen LogP contribution is 2.28. The molecule has 0 spiro atoms. The second kappa shape index (κ2) is 5.91. The van der Waals surface area contributed by atoms with Gasteiger partial charge in [0.05, 0.1) is 0 Å². The summed E-state index contributed by atoms with van der Waals surface area (Å²) >= 11 is 0. The van der Waals surface area contributed by atoms with Gasteiger partial charge in [-0.3, -0.25) is 4.79 Å². The Kier molecular flexibility index (Phi) is 4.02. The Morgan fingerprint density at radius 1 is 1.24 bits per heavy atom. The third-order valence-corrected chi connectivity index (χ3v) is 3.96. The zero-order valence-electron chi connectivity index (χ0n) is 14.9. The maximum absolute atomic E-state index is 13.0. The van der Waals surface area contributed by atoms with Crippen molar-refractivity contribution in [2.75, 3.05) is 17.2 Å². The number of anilines is 2. The van der Waals surface area contributed by atoms with E-state index in [4.69, 9.17) is 10.5 Å². The normalized spacial score (nSPS) is 14.4. The molecule has 3 rings (SSSR count). The molecule has 1 aliphatic heterocycles. The molecule has 0 bridgehead atoms. The van der Waals surface area contributed by atoms with Gasteiger partial charge in [-0.05, 0) is 46.2 Å². The number of nitrogens with zero attached hydrogens (tertiary/aromatic N) is 3. The number of carbonyl (C=O) groups excluding carboxylic acids is 2. The Balaban J connectivity index is 1.99. The average Bonchev–Trinajstić information content (AvgIpc) is 2.85. The molecule has 7 nitrogen and oxygen atoms in total. The van der Waals surface area contributed by atoms with Gasteiger partial charge in [0, 0.05) is 17.8 Å². The molecule has 1 aliphatic rings. The molecule has 0 fully saturated rings. The zero-order valence-corrected chi connectivity index (χ0v) is 14.9. The number of nitrogens with two attached hydrogens (primary N) is 1. The number of rotatable bonds is 1. The Hall–Kier alpha value is -2.83. The highest BCUT2D eigenvalue weighted by Gasteiger charge is 2.35. The topological polar surface area (TPSA) is 90.5 Å². The highest BCUT2D eigenvalue weighted by molar-refractivity contribution is 6.09. The van der Waals surface area contributed by atoms with Gasteiger partial charge in [-0.2, -0.15) is 4.68 Å². The van der Waals surface area contributed by atoms with Crippen molar-refractivity contribution in [3.05, 3.63) is 41.1 Å². The SMILES string of the molecule is Cc1ccc(N2CCc3c(N)nn(C(=O)OC(C)(C)C)c3C2=O)cc1. The molecule has 25 heavy (non-hydrogen) atoms. The summed E-state index contributed by atoms with van der Waals surface area (Å²) in [6, 6.07) is 7.65. The fraction of sp³-hybridized carbons (Fsp3) is 0.389. The van der Waals surface area contributed by atoms with Gasteiger partial charge in [0.1, 0.15) is 17.1 Å². The number of hydrogen-bond donors (Lipinski definition) is 1. The first-order valence-corrected chi connectivity index (χ1v) is 8.16. The first-order chi connectivity index (χ1) is 11.7. The Bertz CT molecular complexity index is 831. The number of ether oxygens (including phenoxy) is 1. The van der Waals surface area contributed by atoms with E-state index in [9.17, 15) is 9.59 Å². The quantitative estimate of drug-likeness (QED) is 0.860. The van der Waals surface area contributed by atoms with E-state index in [-0.39, 0.29) is 17.4 Å². The second-order valence-corrected chi connectivity index (χ2v) is 7.15. The molecule has 1 aromatic carbocycles. The van der Waals surface area contributed by atoms with Crippen molar-refractivity contribution < 1.29 is 14.3 Å². The van der Waals surface area contributed by atoms with E-state index in [0.29, 0.717) is 18.5 Å². The van der Waals surface area contributed by atoms with E-state index in [1.807, 2.05) is 31.2 Å². The first kappa shape index (κ1) is 17.0. The molecule has 132 valence electrons. The number of amides is 1. The second-order valence-electron chi connectivity index (χ2n) is 7.15. The molecular weight excluding hydrogens is 320 g/mol. The van der Waals surface area contributed by atoms with Crippen LogP contribution < -0.4 is 10.6 Å². The van der Waals surface area contributed by atoms with Gasteiger partial charge in [0.25, 0.3) is 5.91 Å². The maximum atomic E-state index is 13.0. The molecule has 0 unspecified atom stereocenters. The van der Waals surface area contributed by atoms with Crippen molar-refractivity contribution in [3.63, 3.8) is 0 Å². The number of benzene rings is 1. The van der Waals surface area contributed by atoms with E-state index >= 15 is 0 Å². The number of nitrogen functional groups attached to an aromatic ring is 1. The number of hydrogen-bond acceptors (Lipinski definition) is 5. The van der Waals surface area contributed by atoms with E-state index < -0.39 is 11.7 Å². The Morgan fingerprint density at radius 2 is 1.88 bits per heavy atom. The molecule has 2 aromatic rings. The van der Waals surface area contributed by atoms with Crippen LogP contribution in [-0.4, -0.2) is 33.9 Å². The van der Waals surface area contributed by atoms with E-state index in [2.05, 4.69) is 5.10 Å². The van der Waals surface area contributed by atoms with Crippen molar-refractivity contribution in [2.24, 2.45) is 0 Å². The predicted molar refractivity (Wildman–Crippen MR) is 94.8 cm³/mol. The summed E-state index contributed by atoms with van der Waals surface area (Å²) in [6.07, 6.45) is -0.177. The minimum absolute atomic E-state index is 0.179. The predicted octanol–water partition coefficient (Wildman–Crippen LogP) is 2.76. The Morgan fingerprint density at radius 3 is 2.48 bits per heavy atom. The largest absolute Gasteiger partial charge is 0.442 e. The van der Waals surface area contributed by atoms with Crippen LogP contribution in [0.25, 0.3) is 0 Å². The van der Waals surface area contributed by atoms with Crippen LogP contribution in [0, 0.1) is 6.92 Å². The molecule has 0 aliphatic carbocycles. The maximum Gasteiger partial charge on any atom is 0.436 e. The lowest BCUT2D eigenvalue weighted by Crippen LogP contribution is -2.40. The lowest BCUT2D eigenvalue weighted by Gasteiger charge is -2.28. The summed E-state index contributed by atoms with van der Waals surface area (Å²) in [5.74, 6) is -0.113. The van der Waals surface area contributed by atoms with E-state index in [1.165, 1.54) is 0 Å². The highest BCUT2D eigenvalue weighted by atomic mass is 16.6. The van der Waals surface area contributed by atoms with Crippen LogP contribution in [0.15, 0.2) is 24.3 Å². The summed E-state index contributed by atoms with van der Waals surface area (Å²) in [5.41, 5.74) is 7.88. The van der Waals surface area contributed by atoms with Crippen LogP contribution in [0.5, 0.6) is 0 Å². The smallest absolute Gasteiger partial charge is 0.436 e. The molecule has 0 saturated carbocycles. The van der Waals surface area contributed by atoms with Gasteiger partial charge >= 0.3 is 6.09 Å². The molecule has 1 aromatic heterocycles. The third kappa shape index (κ3) is 3.22. The lowest BCUT2D eigenvalue weighted by atomic mass is 10.0. The molecule has 1 amide bonds. The standard InChI is InChI=1S/C18H22N4O3/c1-11-5-7-12(8-6-11)21-10-9-13-14(16(21)23)22(20-15(13)19)17(24)25-18(2,3)4/h5-8H,9-10H2,1-4H3,(H2,19,20). The molecule has 0 atom stereocenters. The van der Waals surface area contributed by atoms with Crippen LogP contribution in [0.3, 0.4) is 0 Å². The van der Waals surface area contributed by atoms with E-state index in [1.54, 1.807) is 25.7 Å². The molecule has 0 saturated heterocycles. The third-order valence-electron chi connectivity index (χ3n) is 3.96. The average molecular weight is 342 g/mol. The number of aryl methyl sites for hydroxylation is 1. The van der Waals surface area contributed by atoms with Crippen molar-refractivity contribution in [1.29, 1.82) is 0 Å². The molecule has 0 radical (unpaired) electrons. The summed E-state index contributed by atoms with van der Waals surface area (Å²) < 4.78 is 6.33. The van der Waals surface area contributed by atoms with Gasteiger partial charge < -0.3 is 15.4 Å². The minimum atomic E-state index is -0.709. The van der Waals surface area contributed by atoms with Gasteiger partial charge in [-0.25, -0.2) is 4.79 Å². The first-order valence-electron chi connectivity index (χ1n) is 8.16. The van der Waals surface area contributed by atoms with Crippen molar-refractivity contribution in [2.45, 2.75) is 39.7 Å². The lowest BCUT2D eigenvalue weighted by molar-refractivity contribution is 0.0504. The summed E-state index contributed by atoms with van der Waals surface area (Å²) in [6.45, 7) is 7.73. The van der Waals surface area contributed by atoms with E-state index in [0.717, 1.165) is 15.9 Å². The van der Waals surface area contributed by atoms with Crippen molar-refractivity contribution in [3.8, 4) is 0 Å². The monoisotopic (exact) mass is 342 g/mol. The summed E-state index contributed by atoms with van der Waals surface area (Å²) in [7, 11) is 0. The van der Waals surface area contributed by atoms with Gasteiger partial charge in [0.2, 0.25) is 0 Å². The fourth-order valence-electron chi connectivity index (χ4n) is 2.79. The van der Waals surface area contributed by atoms with Crippen LogP contribution in [0.1, 0.15) is 42.4 Å². The van der Waals surface area contributed by atoms with Crippen LogP contribution in [0.2, 0.25) is 0 Å². The molecule has 2 N–H and O–H groups in total. The van der Waals surface area contributed by atoms with Crippen molar-refractivity contribution >= 4 is 23.5 Å². The zero-order chi connectivity index (χ0) is 18.4. The van der Waals surface area contributed by atoms with Gasteiger partial charge in [-0.1, -0.05) is 17.7 Å². The van der Waals surface area contributed by atoms with Crippen LogP contribution in [0.4, 0.5) is 16.3 Å².